The van der Waals surface area contributed by atoms with Crippen LogP contribution in [-0.2, 0) is 0 Å². The quantitative estimate of drug-likeness (QED) is 0.751. The SMILES string of the molecule is CC(C)(F)CNc1ncc2c(n1)NCC=C2c1ccc2nccnc2c1. The zero-order valence-electron chi connectivity index (χ0n) is 14.6. The Morgan fingerprint density at radius 3 is 2.77 bits per heavy atom. The number of nitrogens with zero attached hydrogens (tertiary/aromatic N) is 4. The number of anilines is 2. The summed E-state index contributed by atoms with van der Waals surface area (Å²) in [5.74, 6) is 1.14. The molecule has 2 aromatic heterocycles. The predicted octanol–water partition coefficient (Wildman–Crippen LogP) is 3.44. The van der Waals surface area contributed by atoms with E-state index in [0.29, 0.717) is 12.5 Å². The molecular formula is C19H19FN6. The van der Waals surface area contributed by atoms with Crippen LogP contribution in [0.15, 0.2) is 42.9 Å². The first-order valence-corrected chi connectivity index (χ1v) is 8.45. The maximum Gasteiger partial charge on any atom is 0.224 e. The molecule has 0 saturated heterocycles. The van der Waals surface area contributed by atoms with E-state index < -0.39 is 5.67 Å². The third kappa shape index (κ3) is 3.33. The van der Waals surface area contributed by atoms with Crippen LogP contribution in [0.3, 0.4) is 0 Å². The zero-order chi connectivity index (χ0) is 18.1. The predicted molar refractivity (Wildman–Crippen MR) is 101 cm³/mol. The van der Waals surface area contributed by atoms with Crippen LogP contribution in [-0.4, -0.2) is 38.7 Å². The lowest BCUT2D eigenvalue weighted by Crippen LogP contribution is -2.25. The highest BCUT2D eigenvalue weighted by molar-refractivity contribution is 5.90. The van der Waals surface area contributed by atoms with E-state index in [2.05, 4.69) is 36.6 Å². The number of fused-ring (bicyclic) bond motifs is 2. The first kappa shape index (κ1) is 16.4. The van der Waals surface area contributed by atoms with Crippen molar-refractivity contribution >= 4 is 28.4 Å². The van der Waals surface area contributed by atoms with E-state index in [1.807, 2.05) is 18.2 Å². The molecule has 1 aliphatic heterocycles. The highest BCUT2D eigenvalue weighted by atomic mass is 19.1. The van der Waals surface area contributed by atoms with Gasteiger partial charge in [0.1, 0.15) is 11.5 Å². The van der Waals surface area contributed by atoms with Crippen molar-refractivity contribution in [1.82, 2.24) is 19.9 Å². The molecule has 0 saturated carbocycles. The van der Waals surface area contributed by atoms with Crippen molar-refractivity contribution in [1.29, 1.82) is 0 Å². The molecule has 0 aliphatic carbocycles. The van der Waals surface area contributed by atoms with E-state index in [9.17, 15) is 4.39 Å². The van der Waals surface area contributed by atoms with Gasteiger partial charge in [-0.2, -0.15) is 4.98 Å². The smallest absolute Gasteiger partial charge is 0.224 e. The molecule has 3 heterocycles. The van der Waals surface area contributed by atoms with Gasteiger partial charge in [0.25, 0.3) is 0 Å². The van der Waals surface area contributed by atoms with E-state index in [0.717, 1.165) is 33.6 Å². The number of nitrogens with one attached hydrogen (secondary N) is 2. The Morgan fingerprint density at radius 1 is 1.15 bits per heavy atom. The minimum absolute atomic E-state index is 0.151. The van der Waals surface area contributed by atoms with Crippen LogP contribution in [0.4, 0.5) is 16.2 Å². The van der Waals surface area contributed by atoms with Crippen LogP contribution in [0.25, 0.3) is 16.6 Å². The van der Waals surface area contributed by atoms with Gasteiger partial charge in [-0.05, 0) is 37.1 Å². The summed E-state index contributed by atoms with van der Waals surface area (Å²) in [6.45, 7) is 3.84. The van der Waals surface area contributed by atoms with E-state index in [4.69, 9.17) is 0 Å². The molecule has 0 radical (unpaired) electrons. The number of hydrogen-bond donors (Lipinski definition) is 2. The molecule has 6 nitrogen and oxygen atoms in total. The molecule has 0 atom stereocenters. The third-order valence-corrected chi connectivity index (χ3v) is 4.10. The monoisotopic (exact) mass is 350 g/mol. The highest BCUT2D eigenvalue weighted by Gasteiger charge is 2.19. The summed E-state index contributed by atoms with van der Waals surface area (Å²) in [7, 11) is 0. The molecule has 0 unspecified atom stereocenters. The Bertz CT molecular complexity index is 993. The van der Waals surface area contributed by atoms with Crippen molar-refractivity contribution in [3.63, 3.8) is 0 Å². The van der Waals surface area contributed by atoms with Gasteiger partial charge >= 0.3 is 0 Å². The number of hydrogen-bond acceptors (Lipinski definition) is 6. The summed E-state index contributed by atoms with van der Waals surface area (Å²) in [4.78, 5) is 17.5. The summed E-state index contributed by atoms with van der Waals surface area (Å²) in [5, 5.41) is 6.19. The summed E-state index contributed by atoms with van der Waals surface area (Å²) >= 11 is 0. The average molecular weight is 350 g/mol. The molecule has 0 spiro atoms. The molecule has 7 heteroatoms. The highest BCUT2D eigenvalue weighted by Crippen LogP contribution is 2.32. The molecule has 0 fully saturated rings. The molecule has 4 rings (SSSR count). The van der Waals surface area contributed by atoms with Crippen LogP contribution < -0.4 is 10.6 Å². The summed E-state index contributed by atoms with van der Waals surface area (Å²) in [6.07, 6.45) is 7.22. The van der Waals surface area contributed by atoms with Crippen molar-refractivity contribution in [2.45, 2.75) is 19.5 Å². The van der Waals surface area contributed by atoms with Crippen molar-refractivity contribution < 1.29 is 4.39 Å². The zero-order valence-corrected chi connectivity index (χ0v) is 14.6. The molecule has 26 heavy (non-hydrogen) atoms. The Morgan fingerprint density at radius 2 is 1.96 bits per heavy atom. The summed E-state index contributed by atoms with van der Waals surface area (Å²) in [5.41, 5.74) is 3.36. The fourth-order valence-corrected chi connectivity index (χ4v) is 2.85. The molecule has 1 aromatic carbocycles. The average Bonchev–Trinajstić information content (AvgIpc) is 2.64. The Hall–Kier alpha value is -3.09. The van der Waals surface area contributed by atoms with E-state index in [1.54, 1.807) is 18.6 Å². The topological polar surface area (TPSA) is 75.6 Å². The molecule has 0 bridgehead atoms. The number of aromatic nitrogens is 4. The lowest BCUT2D eigenvalue weighted by Gasteiger charge is -2.20. The maximum absolute atomic E-state index is 13.7. The third-order valence-electron chi connectivity index (χ3n) is 4.10. The second-order valence-corrected chi connectivity index (χ2v) is 6.79. The second-order valence-electron chi connectivity index (χ2n) is 6.79. The number of rotatable bonds is 4. The maximum atomic E-state index is 13.7. The minimum Gasteiger partial charge on any atom is -0.366 e. The number of benzene rings is 1. The minimum atomic E-state index is -1.33. The van der Waals surface area contributed by atoms with Crippen LogP contribution in [0.1, 0.15) is 25.0 Å². The van der Waals surface area contributed by atoms with Gasteiger partial charge in [0.05, 0.1) is 17.6 Å². The van der Waals surface area contributed by atoms with Gasteiger partial charge in [-0.15, -0.1) is 0 Å². The van der Waals surface area contributed by atoms with Gasteiger partial charge in [-0.3, -0.25) is 9.97 Å². The largest absolute Gasteiger partial charge is 0.366 e. The standard InChI is InChI=1S/C19H19FN6/c1-19(2,20)11-25-18-24-10-14-13(5-6-23-17(14)26-18)12-3-4-15-16(9-12)22-8-7-21-15/h3-5,7-10H,6,11H2,1-2H3,(H2,23,24,25,26). The molecular weight excluding hydrogens is 331 g/mol. The van der Waals surface area contributed by atoms with Gasteiger partial charge < -0.3 is 10.6 Å². The summed E-state index contributed by atoms with van der Waals surface area (Å²) in [6, 6.07) is 6.00. The molecule has 3 aromatic rings. The Labute approximate surface area is 150 Å². The lowest BCUT2D eigenvalue weighted by atomic mass is 9.96. The van der Waals surface area contributed by atoms with Crippen molar-refractivity contribution in [2.24, 2.45) is 0 Å². The first-order chi connectivity index (χ1) is 12.5. The van der Waals surface area contributed by atoms with Crippen LogP contribution in [0.2, 0.25) is 0 Å². The lowest BCUT2D eigenvalue weighted by molar-refractivity contribution is 0.234. The van der Waals surface area contributed by atoms with E-state index >= 15 is 0 Å². The second kappa shape index (κ2) is 6.33. The fourth-order valence-electron chi connectivity index (χ4n) is 2.85. The van der Waals surface area contributed by atoms with Gasteiger partial charge in [0.2, 0.25) is 5.95 Å². The van der Waals surface area contributed by atoms with Gasteiger partial charge in [0.15, 0.2) is 0 Å². The Balaban J connectivity index is 1.66. The molecule has 1 aliphatic rings. The van der Waals surface area contributed by atoms with Crippen molar-refractivity contribution in [3.8, 4) is 0 Å². The van der Waals surface area contributed by atoms with Crippen molar-refractivity contribution in [3.05, 3.63) is 54.0 Å². The first-order valence-electron chi connectivity index (χ1n) is 8.45. The number of alkyl halides is 1. The summed E-state index contributed by atoms with van der Waals surface area (Å²) < 4.78 is 13.7. The molecule has 132 valence electrons. The molecule has 2 N–H and O–H groups in total. The van der Waals surface area contributed by atoms with Crippen LogP contribution in [0.5, 0.6) is 0 Å². The number of halogens is 1. The normalized spacial score (nSPS) is 13.7. The van der Waals surface area contributed by atoms with Crippen LogP contribution in [0, 0.1) is 0 Å². The Kier molecular flexibility index (Phi) is 3.99. The van der Waals surface area contributed by atoms with Crippen LogP contribution >= 0.6 is 0 Å². The van der Waals surface area contributed by atoms with Crippen molar-refractivity contribution in [2.75, 3.05) is 23.7 Å². The fraction of sp³-hybridized carbons (Fsp3) is 0.263. The van der Waals surface area contributed by atoms with Gasteiger partial charge in [-0.25, -0.2) is 9.37 Å². The molecule has 0 amide bonds. The van der Waals surface area contributed by atoms with Gasteiger partial charge in [-0.1, -0.05) is 12.1 Å². The van der Waals surface area contributed by atoms with E-state index in [1.165, 1.54) is 13.8 Å². The van der Waals surface area contributed by atoms with Gasteiger partial charge in [0, 0.05) is 30.7 Å². The van der Waals surface area contributed by atoms with E-state index in [-0.39, 0.29) is 6.54 Å².